The number of nitrogens with zero attached hydrogens (tertiary/aromatic N) is 1. The van der Waals surface area contributed by atoms with E-state index in [0.717, 1.165) is 6.07 Å². The first-order chi connectivity index (χ1) is 7.91. The molecule has 0 aliphatic heterocycles. The van der Waals surface area contributed by atoms with Crippen LogP contribution in [0.4, 0.5) is 10.5 Å². The number of nitro benzene ring substituents is 1. The second kappa shape index (κ2) is 4.92. The number of aryl methyl sites for hydroxylation is 1. The molecule has 4 N–H and O–H groups in total. The maximum atomic E-state index is 11.4. The molecule has 8 heteroatoms. The van der Waals surface area contributed by atoms with E-state index < -0.39 is 16.9 Å². The van der Waals surface area contributed by atoms with Crippen LogP contribution in [0.5, 0.6) is 0 Å². The Balaban J connectivity index is 2.92. The third kappa shape index (κ3) is 3.16. The average molecular weight is 238 g/mol. The van der Waals surface area contributed by atoms with Crippen LogP contribution in [0, 0.1) is 17.0 Å². The van der Waals surface area contributed by atoms with Gasteiger partial charge in [0.05, 0.1) is 4.92 Å². The van der Waals surface area contributed by atoms with Gasteiger partial charge in [0.25, 0.3) is 11.6 Å². The summed E-state index contributed by atoms with van der Waals surface area (Å²) in [6.07, 6.45) is 0. The fourth-order valence-electron chi connectivity index (χ4n) is 1.14. The quantitative estimate of drug-likeness (QED) is 0.502. The van der Waals surface area contributed by atoms with Crippen LogP contribution in [0.3, 0.4) is 0 Å². The topological polar surface area (TPSA) is 127 Å². The van der Waals surface area contributed by atoms with Crippen molar-refractivity contribution in [2.24, 2.45) is 5.73 Å². The number of urea groups is 1. The number of benzene rings is 1. The van der Waals surface area contributed by atoms with E-state index in [-0.39, 0.29) is 11.3 Å². The van der Waals surface area contributed by atoms with Crippen molar-refractivity contribution in [3.05, 3.63) is 39.4 Å². The number of hydrazine groups is 1. The van der Waals surface area contributed by atoms with E-state index in [1.807, 2.05) is 10.9 Å². The van der Waals surface area contributed by atoms with Crippen molar-refractivity contribution in [2.75, 3.05) is 0 Å². The lowest BCUT2D eigenvalue weighted by molar-refractivity contribution is -0.385. The summed E-state index contributed by atoms with van der Waals surface area (Å²) >= 11 is 0. The standard InChI is InChI=1S/C9H10N4O4/c1-5-2-3-6(4-7(5)13(16)17)8(14)11-12-9(10)15/h2-4H,1H3,(H,11,14)(H3,10,12,15). The maximum absolute atomic E-state index is 11.4. The molecule has 8 nitrogen and oxygen atoms in total. The third-order valence-electron chi connectivity index (χ3n) is 1.97. The van der Waals surface area contributed by atoms with Crippen molar-refractivity contribution in [3.63, 3.8) is 0 Å². The number of amides is 3. The Morgan fingerprint density at radius 1 is 1.35 bits per heavy atom. The van der Waals surface area contributed by atoms with E-state index in [0.29, 0.717) is 5.56 Å². The summed E-state index contributed by atoms with van der Waals surface area (Å²) in [4.78, 5) is 31.8. The summed E-state index contributed by atoms with van der Waals surface area (Å²) in [6, 6.07) is 3.03. The second-order valence-electron chi connectivity index (χ2n) is 3.20. The highest BCUT2D eigenvalue weighted by Crippen LogP contribution is 2.18. The van der Waals surface area contributed by atoms with E-state index >= 15 is 0 Å². The minimum Gasteiger partial charge on any atom is -0.350 e. The minimum absolute atomic E-state index is 0.0519. The number of rotatable bonds is 2. The molecular weight excluding hydrogens is 228 g/mol. The van der Waals surface area contributed by atoms with Crippen LogP contribution in [0.25, 0.3) is 0 Å². The summed E-state index contributed by atoms with van der Waals surface area (Å²) in [5, 5.41) is 10.6. The molecule has 0 saturated heterocycles. The number of primary amides is 1. The molecule has 1 aromatic rings. The highest BCUT2D eigenvalue weighted by atomic mass is 16.6. The molecule has 1 aromatic carbocycles. The predicted octanol–water partition coefficient (Wildman–Crippen LogP) is 0.216. The molecule has 0 aliphatic rings. The molecule has 17 heavy (non-hydrogen) atoms. The largest absolute Gasteiger partial charge is 0.350 e. The fraction of sp³-hybridized carbons (Fsp3) is 0.111. The van der Waals surface area contributed by atoms with Gasteiger partial charge in [-0.2, -0.15) is 0 Å². The maximum Gasteiger partial charge on any atom is 0.330 e. The zero-order chi connectivity index (χ0) is 13.0. The summed E-state index contributed by atoms with van der Waals surface area (Å²) in [5.41, 5.74) is 8.94. The molecule has 0 atom stereocenters. The van der Waals surface area contributed by atoms with Gasteiger partial charge >= 0.3 is 6.03 Å². The molecule has 0 bridgehead atoms. The Labute approximate surface area is 95.9 Å². The lowest BCUT2D eigenvalue weighted by atomic mass is 10.1. The number of nitrogens with two attached hydrogens (primary N) is 1. The van der Waals surface area contributed by atoms with E-state index in [9.17, 15) is 19.7 Å². The first-order valence-corrected chi connectivity index (χ1v) is 4.52. The molecule has 1 rings (SSSR count). The van der Waals surface area contributed by atoms with Crippen molar-refractivity contribution in [1.29, 1.82) is 0 Å². The van der Waals surface area contributed by atoms with Crippen molar-refractivity contribution in [2.45, 2.75) is 6.92 Å². The predicted molar refractivity (Wildman–Crippen MR) is 58.0 cm³/mol. The molecule has 0 radical (unpaired) electrons. The number of nitrogens with one attached hydrogen (secondary N) is 2. The molecule has 0 spiro atoms. The highest BCUT2D eigenvalue weighted by Gasteiger charge is 2.14. The van der Waals surface area contributed by atoms with Crippen molar-refractivity contribution >= 4 is 17.6 Å². The van der Waals surface area contributed by atoms with Gasteiger partial charge in [-0.3, -0.25) is 20.3 Å². The Kier molecular flexibility index (Phi) is 3.60. The molecule has 0 fully saturated rings. The fourth-order valence-corrected chi connectivity index (χ4v) is 1.14. The Bertz CT molecular complexity index is 486. The summed E-state index contributed by atoms with van der Waals surface area (Å²) in [7, 11) is 0. The van der Waals surface area contributed by atoms with Gasteiger partial charge in [0.15, 0.2) is 0 Å². The van der Waals surface area contributed by atoms with Gasteiger partial charge in [-0.1, -0.05) is 6.07 Å². The average Bonchev–Trinajstić information content (AvgIpc) is 2.26. The van der Waals surface area contributed by atoms with Gasteiger partial charge in [-0.25, -0.2) is 10.2 Å². The number of carbonyl (C=O) groups excluding carboxylic acids is 2. The van der Waals surface area contributed by atoms with Gasteiger partial charge in [0, 0.05) is 17.2 Å². The van der Waals surface area contributed by atoms with Crippen LogP contribution in [-0.4, -0.2) is 16.9 Å². The third-order valence-corrected chi connectivity index (χ3v) is 1.97. The number of hydrogen-bond acceptors (Lipinski definition) is 4. The van der Waals surface area contributed by atoms with Crippen molar-refractivity contribution in [3.8, 4) is 0 Å². The summed E-state index contributed by atoms with van der Waals surface area (Å²) in [6.45, 7) is 1.56. The highest BCUT2D eigenvalue weighted by molar-refractivity contribution is 5.95. The number of carbonyl (C=O) groups is 2. The van der Waals surface area contributed by atoms with Crippen LogP contribution in [-0.2, 0) is 0 Å². The Hall–Kier alpha value is -2.64. The first kappa shape index (κ1) is 12.4. The molecule has 90 valence electrons. The van der Waals surface area contributed by atoms with Gasteiger partial charge in [0.2, 0.25) is 0 Å². The normalized spacial score (nSPS) is 9.47. The molecule has 0 saturated carbocycles. The van der Waals surface area contributed by atoms with Gasteiger partial charge in [-0.05, 0) is 13.0 Å². The first-order valence-electron chi connectivity index (χ1n) is 4.52. The SMILES string of the molecule is Cc1ccc(C(=O)NNC(N)=O)cc1[N+](=O)[O-]. The van der Waals surface area contributed by atoms with Crippen molar-refractivity contribution < 1.29 is 14.5 Å². The van der Waals surface area contributed by atoms with Crippen LogP contribution < -0.4 is 16.6 Å². The number of hydrogen-bond donors (Lipinski definition) is 3. The summed E-state index contributed by atoms with van der Waals surface area (Å²) in [5.74, 6) is -0.688. The lowest BCUT2D eigenvalue weighted by Crippen LogP contribution is -2.44. The van der Waals surface area contributed by atoms with Crippen molar-refractivity contribution in [1.82, 2.24) is 10.9 Å². The molecule has 0 aromatic heterocycles. The van der Waals surface area contributed by atoms with Gasteiger partial charge in [-0.15, -0.1) is 0 Å². The Morgan fingerprint density at radius 3 is 2.53 bits per heavy atom. The smallest absolute Gasteiger partial charge is 0.330 e. The monoisotopic (exact) mass is 238 g/mol. The van der Waals surface area contributed by atoms with Crippen LogP contribution >= 0.6 is 0 Å². The number of nitro groups is 1. The molecule has 0 heterocycles. The minimum atomic E-state index is -0.931. The van der Waals surface area contributed by atoms with Crippen LogP contribution in [0.1, 0.15) is 15.9 Å². The van der Waals surface area contributed by atoms with E-state index in [4.69, 9.17) is 5.73 Å². The molecule has 3 amide bonds. The zero-order valence-electron chi connectivity index (χ0n) is 8.89. The van der Waals surface area contributed by atoms with Gasteiger partial charge < -0.3 is 5.73 Å². The van der Waals surface area contributed by atoms with Gasteiger partial charge in [0.1, 0.15) is 0 Å². The summed E-state index contributed by atoms with van der Waals surface area (Å²) < 4.78 is 0. The van der Waals surface area contributed by atoms with E-state index in [2.05, 4.69) is 0 Å². The lowest BCUT2D eigenvalue weighted by Gasteiger charge is -2.05. The van der Waals surface area contributed by atoms with Crippen LogP contribution in [0.2, 0.25) is 0 Å². The molecule has 0 aliphatic carbocycles. The zero-order valence-corrected chi connectivity index (χ0v) is 8.89. The molecular formula is C9H10N4O4. The van der Waals surface area contributed by atoms with E-state index in [1.54, 1.807) is 6.92 Å². The van der Waals surface area contributed by atoms with Crippen LogP contribution in [0.15, 0.2) is 18.2 Å². The Morgan fingerprint density at radius 2 is 2.00 bits per heavy atom. The van der Waals surface area contributed by atoms with E-state index in [1.165, 1.54) is 12.1 Å². The second-order valence-corrected chi connectivity index (χ2v) is 3.20. The molecule has 0 unspecified atom stereocenters.